The molecule has 240 valence electrons. The second-order valence-corrected chi connectivity index (χ2v) is 12.9. The van der Waals surface area contributed by atoms with Crippen LogP contribution < -0.4 is 5.32 Å². The van der Waals surface area contributed by atoms with Crippen LogP contribution in [-0.2, 0) is 28.6 Å². The molecule has 11 nitrogen and oxygen atoms in total. The Bertz CT molecular complexity index is 689. The first-order chi connectivity index (χ1) is 19.9. The van der Waals surface area contributed by atoms with Gasteiger partial charge in [-0.2, -0.15) is 12.6 Å². The number of hydrogen-bond acceptors (Lipinski definition) is 14. The number of nitrogens with one attached hydrogen (secondary N) is 1. The van der Waals surface area contributed by atoms with Gasteiger partial charge in [0.05, 0.1) is 19.3 Å². The van der Waals surface area contributed by atoms with Gasteiger partial charge in [0.15, 0.2) is 0 Å². The number of aliphatic hydroxyl groups is 1. The van der Waals surface area contributed by atoms with Crippen molar-refractivity contribution in [2.45, 2.75) is 38.5 Å². The Kier molecular flexibility index (Phi) is 25.1. The van der Waals surface area contributed by atoms with Crippen molar-refractivity contribution in [3.8, 4) is 0 Å². The highest BCUT2D eigenvalue weighted by molar-refractivity contribution is 8.76. The number of esters is 3. The Morgan fingerprint density at radius 1 is 0.805 bits per heavy atom. The van der Waals surface area contributed by atoms with Crippen LogP contribution >= 0.6 is 34.2 Å². The van der Waals surface area contributed by atoms with Gasteiger partial charge in [0.1, 0.15) is 19.8 Å². The van der Waals surface area contributed by atoms with E-state index < -0.39 is 0 Å². The van der Waals surface area contributed by atoms with E-state index in [1.807, 2.05) is 4.90 Å². The maximum absolute atomic E-state index is 12.1. The van der Waals surface area contributed by atoms with E-state index in [2.05, 4.69) is 34.8 Å². The third-order valence-electron chi connectivity index (χ3n) is 6.37. The molecule has 0 bridgehead atoms. The lowest BCUT2D eigenvalue weighted by Gasteiger charge is -2.32. The van der Waals surface area contributed by atoms with Crippen LogP contribution in [0.3, 0.4) is 0 Å². The number of aliphatic hydroxyl groups excluding tert-OH is 1. The summed E-state index contributed by atoms with van der Waals surface area (Å²) in [6.45, 7) is 9.95. The Morgan fingerprint density at radius 3 is 1.98 bits per heavy atom. The lowest BCUT2D eigenvalue weighted by Crippen LogP contribution is -2.45. The number of carbonyl (C=O) groups is 3. The SMILES string of the molecule is CN1CCN(CCCNCCC(=O)OCCSSCCOC(=O)CCN(CCCCO)CCC(=O)OCCS)CC1. The number of nitrogens with zero attached hydrogens (tertiary/aromatic N) is 3. The molecule has 0 amide bonds. The average molecular weight is 641 g/mol. The molecule has 0 unspecified atom stereocenters. The predicted molar refractivity (Wildman–Crippen MR) is 170 cm³/mol. The lowest BCUT2D eigenvalue weighted by molar-refractivity contribution is -0.144. The molecule has 1 rings (SSSR count). The molecule has 2 N–H and O–H groups in total. The second-order valence-electron chi connectivity index (χ2n) is 9.80. The van der Waals surface area contributed by atoms with Gasteiger partial charge >= 0.3 is 17.9 Å². The lowest BCUT2D eigenvalue weighted by atomic mass is 10.2. The van der Waals surface area contributed by atoms with Gasteiger partial charge in [0.2, 0.25) is 0 Å². The van der Waals surface area contributed by atoms with E-state index in [-0.39, 0.29) is 44.0 Å². The topological polar surface area (TPSA) is 121 Å². The summed E-state index contributed by atoms with van der Waals surface area (Å²) in [5, 5.41) is 12.3. The van der Waals surface area contributed by atoms with Crippen molar-refractivity contribution in [2.75, 3.05) is 116 Å². The Balaban J connectivity index is 1.96. The first kappa shape index (κ1) is 38.3. The normalized spacial score (nSPS) is 14.3. The third-order valence-corrected chi connectivity index (χ3v) is 8.89. The van der Waals surface area contributed by atoms with Gasteiger partial charge in [0, 0.05) is 69.7 Å². The Hall–Kier alpha value is -0.740. The van der Waals surface area contributed by atoms with Crippen LogP contribution in [0.5, 0.6) is 0 Å². The minimum absolute atomic E-state index is 0.118. The monoisotopic (exact) mass is 640 g/mol. The second kappa shape index (κ2) is 26.9. The largest absolute Gasteiger partial charge is 0.465 e. The van der Waals surface area contributed by atoms with Crippen molar-refractivity contribution in [1.29, 1.82) is 0 Å². The van der Waals surface area contributed by atoms with E-state index >= 15 is 0 Å². The van der Waals surface area contributed by atoms with Crippen LogP contribution in [0.2, 0.25) is 0 Å². The first-order valence-corrected chi connectivity index (χ1v) is 17.8. The van der Waals surface area contributed by atoms with E-state index in [4.69, 9.17) is 19.3 Å². The zero-order valence-electron chi connectivity index (χ0n) is 24.8. The highest BCUT2D eigenvalue weighted by atomic mass is 33.1. The molecule has 1 saturated heterocycles. The van der Waals surface area contributed by atoms with Crippen LogP contribution in [0.25, 0.3) is 0 Å². The molecule has 14 heteroatoms. The van der Waals surface area contributed by atoms with Crippen molar-refractivity contribution >= 4 is 52.1 Å². The molecule has 1 fully saturated rings. The fourth-order valence-corrected chi connectivity index (χ4v) is 5.71. The minimum Gasteiger partial charge on any atom is -0.465 e. The van der Waals surface area contributed by atoms with Gasteiger partial charge in [-0.15, -0.1) is 0 Å². The number of ether oxygens (including phenoxy) is 3. The fraction of sp³-hybridized carbons (Fsp3) is 0.889. The molecule has 0 saturated carbocycles. The van der Waals surface area contributed by atoms with Crippen molar-refractivity contribution in [1.82, 2.24) is 20.0 Å². The summed E-state index contributed by atoms with van der Waals surface area (Å²) in [4.78, 5) is 42.6. The van der Waals surface area contributed by atoms with Gasteiger partial charge in [-0.25, -0.2) is 0 Å². The standard InChI is InChI=1S/C27H52N4O7S3/c1-29-14-16-31(17-15-29)11-4-8-28-9-5-25(33)37-20-23-40-41-24-21-38-27(35)7-13-30(10-2-3-18-32)12-6-26(34)36-19-22-39/h28,32,39H,2-24H2,1H3. The van der Waals surface area contributed by atoms with Crippen LogP contribution in [0, 0.1) is 0 Å². The van der Waals surface area contributed by atoms with Gasteiger partial charge in [-0.1, -0.05) is 21.6 Å². The molecule has 0 radical (unpaired) electrons. The molecular formula is C27H52N4O7S3. The number of hydrogen-bond donors (Lipinski definition) is 3. The summed E-state index contributed by atoms with van der Waals surface area (Å²) < 4.78 is 15.6. The molecule has 0 aliphatic carbocycles. The molecule has 41 heavy (non-hydrogen) atoms. The summed E-state index contributed by atoms with van der Waals surface area (Å²) in [5.41, 5.74) is 0. The van der Waals surface area contributed by atoms with Crippen molar-refractivity contribution in [2.24, 2.45) is 0 Å². The van der Waals surface area contributed by atoms with Crippen molar-refractivity contribution in [3.05, 3.63) is 0 Å². The van der Waals surface area contributed by atoms with E-state index in [9.17, 15) is 14.4 Å². The average Bonchev–Trinajstić information content (AvgIpc) is 2.97. The van der Waals surface area contributed by atoms with Crippen LogP contribution in [0.4, 0.5) is 0 Å². The number of thiol groups is 1. The predicted octanol–water partition coefficient (Wildman–Crippen LogP) is 1.40. The summed E-state index contributed by atoms with van der Waals surface area (Å²) >= 11 is 4.02. The highest BCUT2D eigenvalue weighted by Crippen LogP contribution is 2.20. The van der Waals surface area contributed by atoms with Gasteiger partial charge < -0.3 is 39.3 Å². The van der Waals surface area contributed by atoms with Gasteiger partial charge in [0.25, 0.3) is 0 Å². The molecule has 1 heterocycles. The van der Waals surface area contributed by atoms with Gasteiger partial charge in [-0.05, 0) is 45.9 Å². The number of unbranched alkanes of at least 4 members (excludes halogenated alkanes) is 1. The van der Waals surface area contributed by atoms with E-state index in [0.29, 0.717) is 69.5 Å². The van der Waals surface area contributed by atoms with E-state index in [0.717, 1.165) is 52.1 Å². The number of piperazine rings is 1. The Labute approximate surface area is 259 Å². The molecule has 1 aliphatic rings. The van der Waals surface area contributed by atoms with E-state index in [1.165, 1.54) is 0 Å². The Morgan fingerprint density at radius 2 is 1.39 bits per heavy atom. The fourth-order valence-electron chi connectivity index (χ4n) is 3.97. The maximum Gasteiger partial charge on any atom is 0.307 e. The molecule has 0 aromatic carbocycles. The quantitative estimate of drug-likeness (QED) is 0.0416. The van der Waals surface area contributed by atoms with Crippen molar-refractivity contribution < 1.29 is 33.7 Å². The summed E-state index contributed by atoms with van der Waals surface area (Å²) in [5.74, 6) is 1.08. The summed E-state index contributed by atoms with van der Waals surface area (Å²) in [6, 6.07) is 0. The molecular weight excluding hydrogens is 589 g/mol. The molecule has 0 atom stereocenters. The zero-order chi connectivity index (χ0) is 30.0. The molecule has 0 aromatic rings. The highest BCUT2D eigenvalue weighted by Gasteiger charge is 2.13. The summed E-state index contributed by atoms with van der Waals surface area (Å²) in [6.07, 6.45) is 3.41. The number of likely N-dealkylation sites (N-methyl/N-ethyl adjacent to an activating group) is 1. The molecule has 1 aliphatic heterocycles. The smallest absolute Gasteiger partial charge is 0.307 e. The number of carbonyl (C=O) groups excluding carboxylic acids is 3. The maximum atomic E-state index is 12.1. The van der Waals surface area contributed by atoms with Crippen LogP contribution in [0.1, 0.15) is 38.5 Å². The van der Waals surface area contributed by atoms with Gasteiger partial charge in [-0.3, -0.25) is 14.4 Å². The third kappa shape index (κ3) is 23.4. The van der Waals surface area contributed by atoms with E-state index in [1.54, 1.807) is 21.6 Å². The summed E-state index contributed by atoms with van der Waals surface area (Å²) in [7, 11) is 5.33. The molecule has 0 aromatic heterocycles. The first-order valence-electron chi connectivity index (χ1n) is 14.7. The van der Waals surface area contributed by atoms with Crippen molar-refractivity contribution in [3.63, 3.8) is 0 Å². The number of rotatable bonds is 26. The van der Waals surface area contributed by atoms with Crippen LogP contribution in [0.15, 0.2) is 0 Å². The zero-order valence-corrected chi connectivity index (χ0v) is 27.3. The minimum atomic E-state index is -0.280. The molecule has 0 spiro atoms. The van der Waals surface area contributed by atoms with Crippen LogP contribution in [-0.4, -0.2) is 154 Å².